The number of halogens is 1. The van der Waals surface area contributed by atoms with Crippen molar-refractivity contribution in [2.75, 3.05) is 65.3 Å². The predicted octanol–water partition coefficient (Wildman–Crippen LogP) is 2.55. The van der Waals surface area contributed by atoms with Crippen LogP contribution < -0.4 is 0 Å². The molecule has 0 saturated carbocycles. The van der Waals surface area contributed by atoms with Crippen molar-refractivity contribution in [1.29, 1.82) is 0 Å². The lowest BCUT2D eigenvalue weighted by Gasteiger charge is -2.16. The van der Waals surface area contributed by atoms with Gasteiger partial charge in [-0.3, -0.25) is 0 Å². The predicted molar refractivity (Wildman–Crippen MR) is 115 cm³/mol. The van der Waals surface area contributed by atoms with E-state index in [0.717, 1.165) is 25.7 Å². The van der Waals surface area contributed by atoms with Crippen LogP contribution in [0.4, 0.5) is 0 Å². The Morgan fingerprint density at radius 1 is 0.621 bits per heavy atom. The van der Waals surface area contributed by atoms with Crippen LogP contribution in [-0.2, 0) is 23.7 Å². The van der Waals surface area contributed by atoms with Gasteiger partial charge in [-0.25, -0.2) is 0 Å². The molecule has 0 atom stereocenters. The molecule has 0 aromatic carbocycles. The number of ether oxygens (including phenoxy) is 5. The van der Waals surface area contributed by atoms with Crippen LogP contribution in [0.1, 0.15) is 53.4 Å². The summed E-state index contributed by atoms with van der Waals surface area (Å²) in [5.41, 5.74) is 0. The van der Waals surface area contributed by atoms with E-state index in [1.807, 2.05) is 27.7 Å². The monoisotopic (exact) mass is 448 g/mol. The van der Waals surface area contributed by atoms with Crippen molar-refractivity contribution >= 4 is 11.6 Å². The first kappa shape index (κ1) is 33.6. The van der Waals surface area contributed by atoms with Crippen molar-refractivity contribution in [2.24, 2.45) is 0 Å². The first-order valence-electron chi connectivity index (χ1n) is 10.5. The summed E-state index contributed by atoms with van der Waals surface area (Å²) < 4.78 is 26.5. The van der Waals surface area contributed by atoms with Crippen LogP contribution in [-0.4, -0.2) is 93.2 Å². The molecule has 9 heteroatoms. The van der Waals surface area contributed by atoms with E-state index in [1.165, 1.54) is 0 Å². The third kappa shape index (κ3) is 32.8. The van der Waals surface area contributed by atoms with E-state index in [4.69, 9.17) is 50.6 Å². The van der Waals surface area contributed by atoms with E-state index in [0.29, 0.717) is 45.5 Å². The SMILES string of the molecule is CCOC(CCCCl)OCC.CCOC(CCCOCCO)OCC.OCCO. The highest BCUT2D eigenvalue weighted by Crippen LogP contribution is 2.05. The topological polar surface area (TPSA) is 107 Å². The van der Waals surface area contributed by atoms with Crippen molar-refractivity contribution in [1.82, 2.24) is 0 Å². The number of hydrogen-bond donors (Lipinski definition) is 3. The summed E-state index contributed by atoms with van der Waals surface area (Å²) in [6.07, 6.45) is 3.42. The second-order valence-corrected chi connectivity index (χ2v) is 5.82. The minimum atomic E-state index is -0.125. The van der Waals surface area contributed by atoms with Gasteiger partial charge in [-0.1, -0.05) is 0 Å². The molecule has 0 aromatic rings. The number of rotatable bonds is 18. The molecular weight excluding hydrogens is 404 g/mol. The maximum Gasteiger partial charge on any atom is 0.157 e. The molecule has 0 radical (unpaired) electrons. The number of hydrogen-bond acceptors (Lipinski definition) is 8. The molecule has 0 fully saturated rings. The van der Waals surface area contributed by atoms with Gasteiger partial charge < -0.3 is 39.0 Å². The van der Waals surface area contributed by atoms with Gasteiger partial charge in [-0.2, -0.15) is 0 Å². The summed E-state index contributed by atoms with van der Waals surface area (Å²) >= 11 is 5.53. The fourth-order valence-electron chi connectivity index (χ4n) is 1.94. The van der Waals surface area contributed by atoms with Crippen molar-refractivity contribution in [3.8, 4) is 0 Å². The summed E-state index contributed by atoms with van der Waals surface area (Å²) in [5.74, 6) is 0.677. The van der Waals surface area contributed by atoms with Crippen molar-refractivity contribution < 1.29 is 39.0 Å². The van der Waals surface area contributed by atoms with Gasteiger partial charge in [0.15, 0.2) is 12.6 Å². The lowest BCUT2D eigenvalue weighted by molar-refractivity contribution is -0.141. The fraction of sp³-hybridized carbons (Fsp3) is 1.00. The summed E-state index contributed by atoms with van der Waals surface area (Å²) in [6, 6.07) is 0. The lowest BCUT2D eigenvalue weighted by Crippen LogP contribution is -2.18. The van der Waals surface area contributed by atoms with Crippen LogP contribution in [0.5, 0.6) is 0 Å². The zero-order valence-corrected chi connectivity index (χ0v) is 19.6. The van der Waals surface area contributed by atoms with E-state index in [9.17, 15) is 0 Å². The first-order chi connectivity index (χ1) is 14.1. The maximum atomic E-state index is 8.47. The smallest absolute Gasteiger partial charge is 0.157 e. The summed E-state index contributed by atoms with van der Waals surface area (Å²) in [7, 11) is 0. The first-order valence-corrected chi connectivity index (χ1v) is 11.1. The molecule has 0 aromatic heterocycles. The molecule has 0 aliphatic carbocycles. The summed E-state index contributed by atoms with van der Waals surface area (Å²) in [5, 5.41) is 23.7. The quantitative estimate of drug-likeness (QED) is 0.167. The van der Waals surface area contributed by atoms with Crippen LogP contribution in [0.2, 0.25) is 0 Å². The van der Waals surface area contributed by atoms with Gasteiger partial charge in [0.2, 0.25) is 0 Å². The van der Waals surface area contributed by atoms with E-state index < -0.39 is 0 Å². The molecular formula is C20H45ClO8. The Labute approximate surface area is 182 Å². The molecule has 0 unspecified atom stereocenters. The van der Waals surface area contributed by atoms with Crippen LogP contribution in [0.3, 0.4) is 0 Å². The van der Waals surface area contributed by atoms with Crippen molar-refractivity contribution in [3.05, 3.63) is 0 Å². The zero-order chi connectivity index (χ0) is 22.6. The second kappa shape index (κ2) is 32.6. The van der Waals surface area contributed by atoms with Crippen LogP contribution >= 0.6 is 11.6 Å². The molecule has 3 N–H and O–H groups in total. The van der Waals surface area contributed by atoms with Gasteiger partial charge in [-0.05, 0) is 47.0 Å². The standard InChI is InChI=1S/C10H22O4.C8H17ClO2.C2H6O2/c1-3-13-10(14-4-2)6-5-8-12-9-7-11;1-3-10-8(11-4-2)6-5-7-9;3-1-2-4/h10-11H,3-9H2,1-2H3;8H,3-7H2,1-2H3;3-4H,1-2H2. The molecule has 180 valence electrons. The maximum absolute atomic E-state index is 8.47. The highest BCUT2D eigenvalue weighted by molar-refractivity contribution is 6.17. The molecule has 0 aliphatic rings. The van der Waals surface area contributed by atoms with Crippen LogP contribution in [0.15, 0.2) is 0 Å². The molecule has 0 spiro atoms. The summed E-state index contributed by atoms with van der Waals surface area (Å²) in [6.45, 7) is 11.5. The molecule has 29 heavy (non-hydrogen) atoms. The molecule has 0 aliphatic heterocycles. The number of aliphatic hydroxyl groups excluding tert-OH is 3. The Balaban J connectivity index is -0.000000401. The average Bonchev–Trinajstić information content (AvgIpc) is 2.73. The van der Waals surface area contributed by atoms with Gasteiger partial charge in [0.05, 0.1) is 26.4 Å². The van der Waals surface area contributed by atoms with Crippen molar-refractivity contribution in [3.63, 3.8) is 0 Å². The molecule has 0 rings (SSSR count). The molecule has 0 bridgehead atoms. The summed E-state index contributed by atoms with van der Waals surface area (Å²) in [4.78, 5) is 0. The second-order valence-electron chi connectivity index (χ2n) is 5.44. The van der Waals surface area contributed by atoms with Gasteiger partial charge in [0, 0.05) is 45.3 Å². The zero-order valence-electron chi connectivity index (χ0n) is 18.8. The van der Waals surface area contributed by atoms with E-state index in [2.05, 4.69) is 0 Å². The third-order valence-corrected chi connectivity index (χ3v) is 3.32. The molecule has 0 amide bonds. The fourth-order valence-corrected chi connectivity index (χ4v) is 2.09. The van der Waals surface area contributed by atoms with Gasteiger partial charge >= 0.3 is 0 Å². The van der Waals surface area contributed by atoms with E-state index in [1.54, 1.807) is 0 Å². The minimum Gasteiger partial charge on any atom is -0.394 e. The van der Waals surface area contributed by atoms with Gasteiger partial charge in [-0.15, -0.1) is 11.6 Å². The molecule has 0 heterocycles. The highest BCUT2D eigenvalue weighted by atomic mass is 35.5. The Bertz CT molecular complexity index is 249. The average molecular weight is 449 g/mol. The normalized spacial score (nSPS) is 10.6. The number of alkyl halides is 1. The molecule has 8 nitrogen and oxygen atoms in total. The largest absolute Gasteiger partial charge is 0.394 e. The van der Waals surface area contributed by atoms with Crippen LogP contribution in [0, 0.1) is 0 Å². The Hall–Kier alpha value is -0.0300. The van der Waals surface area contributed by atoms with Gasteiger partial charge in [0.1, 0.15) is 0 Å². The van der Waals surface area contributed by atoms with E-state index >= 15 is 0 Å². The lowest BCUT2D eigenvalue weighted by atomic mass is 10.3. The van der Waals surface area contributed by atoms with E-state index in [-0.39, 0.29) is 32.4 Å². The van der Waals surface area contributed by atoms with Crippen LogP contribution in [0.25, 0.3) is 0 Å². The van der Waals surface area contributed by atoms with Gasteiger partial charge in [0.25, 0.3) is 0 Å². The van der Waals surface area contributed by atoms with Crippen molar-refractivity contribution in [2.45, 2.75) is 66.0 Å². The molecule has 0 saturated heterocycles. The third-order valence-electron chi connectivity index (χ3n) is 3.05. The highest BCUT2D eigenvalue weighted by Gasteiger charge is 2.07. The Morgan fingerprint density at radius 2 is 1.03 bits per heavy atom. The Kier molecular flexibility index (Phi) is 37.8. The Morgan fingerprint density at radius 3 is 1.34 bits per heavy atom. The minimum absolute atomic E-state index is 0.0521. The number of aliphatic hydroxyl groups is 3.